The summed E-state index contributed by atoms with van der Waals surface area (Å²) in [5.74, 6) is -0.352. The van der Waals surface area contributed by atoms with Crippen LogP contribution in [-0.4, -0.2) is 49.8 Å². The number of nitrogens with one attached hydrogen (secondary N) is 1. The fourth-order valence-corrected chi connectivity index (χ4v) is 5.90. The van der Waals surface area contributed by atoms with E-state index in [0.717, 1.165) is 50.9 Å². The molecule has 31 heavy (non-hydrogen) atoms. The first kappa shape index (κ1) is 22.0. The van der Waals surface area contributed by atoms with E-state index < -0.39 is 10.0 Å². The quantitative estimate of drug-likeness (QED) is 0.675. The Kier molecular flexibility index (Phi) is 6.79. The third-order valence-corrected chi connectivity index (χ3v) is 7.96. The SMILES string of the molecule is O=C(Nc1cc(S(=O)(=O)N2CCCCC2)ccc1N1CCCCC1)c1ccnc(Cl)c1. The number of carbonyl (C=O) groups is 1. The summed E-state index contributed by atoms with van der Waals surface area (Å²) < 4.78 is 27.9. The molecule has 2 aliphatic heterocycles. The van der Waals surface area contributed by atoms with Crippen molar-refractivity contribution in [2.24, 2.45) is 0 Å². The number of hydrogen-bond donors (Lipinski definition) is 1. The number of nitrogens with zero attached hydrogens (tertiary/aromatic N) is 3. The van der Waals surface area contributed by atoms with Crippen LogP contribution in [0.25, 0.3) is 0 Å². The lowest BCUT2D eigenvalue weighted by Crippen LogP contribution is -2.35. The van der Waals surface area contributed by atoms with Crippen LogP contribution in [0.2, 0.25) is 5.15 Å². The van der Waals surface area contributed by atoms with Crippen molar-refractivity contribution in [1.82, 2.24) is 9.29 Å². The maximum atomic E-state index is 13.2. The maximum Gasteiger partial charge on any atom is 0.255 e. The number of piperidine rings is 2. The molecule has 1 aromatic heterocycles. The fraction of sp³-hybridized carbons (Fsp3) is 0.455. The molecule has 9 heteroatoms. The van der Waals surface area contributed by atoms with Gasteiger partial charge in [0.05, 0.1) is 16.3 Å². The molecular formula is C22H27ClN4O3S. The molecule has 3 heterocycles. The minimum absolute atomic E-state index is 0.207. The molecule has 4 rings (SSSR count). The molecule has 0 unspecified atom stereocenters. The number of anilines is 2. The van der Waals surface area contributed by atoms with Gasteiger partial charge in [-0.15, -0.1) is 0 Å². The number of pyridine rings is 1. The van der Waals surface area contributed by atoms with E-state index in [0.29, 0.717) is 24.3 Å². The summed E-state index contributed by atoms with van der Waals surface area (Å²) in [6.07, 6.45) is 7.59. The van der Waals surface area contributed by atoms with Crippen molar-refractivity contribution in [3.8, 4) is 0 Å². The number of benzene rings is 1. The molecule has 1 amide bonds. The largest absolute Gasteiger partial charge is 0.370 e. The molecule has 1 aromatic carbocycles. The highest BCUT2D eigenvalue weighted by Crippen LogP contribution is 2.33. The van der Waals surface area contributed by atoms with E-state index in [2.05, 4.69) is 15.2 Å². The molecular weight excluding hydrogens is 436 g/mol. The van der Waals surface area contributed by atoms with E-state index in [1.54, 1.807) is 22.5 Å². The Balaban J connectivity index is 1.68. The predicted molar refractivity (Wildman–Crippen MR) is 122 cm³/mol. The average molecular weight is 463 g/mol. The third-order valence-electron chi connectivity index (χ3n) is 5.85. The van der Waals surface area contributed by atoms with Crippen molar-refractivity contribution < 1.29 is 13.2 Å². The van der Waals surface area contributed by atoms with Crippen LogP contribution in [0, 0.1) is 0 Å². The molecule has 1 N–H and O–H groups in total. The highest BCUT2D eigenvalue weighted by atomic mass is 35.5. The van der Waals surface area contributed by atoms with Gasteiger partial charge in [0.15, 0.2) is 0 Å². The van der Waals surface area contributed by atoms with Crippen molar-refractivity contribution in [2.45, 2.75) is 43.4 Å². The molecule has 2 fully saturated rings. The topological polar surface area (TPSA) is 82.6 Å². The van der Waals surface area contributed by atoms with Gasteiger partial charge in [-0.25, -0.2) is 13.4 Å². The highest BCUT2D eigenvalue weighted by Gasteiger charge is 2.27. The molecule has 2 aliphatic rings. The van der Waals surface area contributed by atoms with Crippen molar-refractivity contribution in [1.29, 1.82) is 0 Å². The Hall–Kier alpha value is -2.16. The van der Waals surface area contributed by atoms with Gasteiger partial charge in [0.2, 0.25) is 10.0 Å². The van der Waals surface area contributed by atoms with Crippen molar-refractivity contribution >= 4 is 38.9 Å². The normalized spacial score (nSPS) is 18.0. The van der Waals surface area contributed by atoms with Crippen molar-refractivity contribution in [3.63, 3.8) is 0 Å². The minimum Gasteiger partial charge on any atom is -0.370 e. The summed E-state index contributed by atoms with van der Waals surface area (Å²) in [7, 11) is -3.61. The Labute approximate surface area is 188 Å². The molecule has 0 radical (unpaired) electrons. The lowest BCUT2D eigenvalue weighted by atomic mass is 10.1. The molecule has 0 saturated carbocycles. The summed E-state index contributed by atoms with van der Waals surface area (Å²) in [4.78, 5) is 19.2. The lowest BCUT2D eigenvalue weighted by Gasteiger charge is -2.31. The van der Waals surface area contributed by atoms with Gasteiger partial charge in [0, 0.05) is 37.9 Å². The number of amides is 1. The van der Waals surface area contributed by atoms with Gasteiger partial charge < -0.3 is 10.2 Å². The summed E-state index contributed by atoms with van der Waals surface area (Å²) in [5, 5.41) is 3.14. The van der Waals surface area contributed by atoms with E-state index in [1.165, 1.54) is 18.7 Å². The minimum atomic E-state index is -3.61. The Morgan fingerprint density at radius 2 is 1.61 bits per heavy atom. The third kappa shape index (κ3) is 5.02. The van der Waals surface area contributed by atoms with E-state index in [1.807, 2.05) is 6.07 Å². The van der Waals surface area contributed by atoms with E-state index in [4.69, 9.17) is 11.6 Å². The molecule has 0 bridgehead atoms. The van der Waals surface area contributed by atoms with Gasteiger partial charge in [-0.1, -0.05) is 18.0 Å². The zero-order chi connectivity index (χ0) is 21.8. The van der Waals surface area contributed by atoms with E-state index in [9.17, 15) is 13.2 Å². The second kappa shape index (κ2) is 9.54. The molecule has 7 nitrogen and oxygen atoms in total. The first-order valence-corrected chi connectivity index (χ1v) is 12.6. The first-order valence-electron chi connectivity index (χ1n) is 10.8. The van der Waals surface area contributed by atoms with Gasteiger partial charge in [-0.2, -0.15) is 4.31 Å². The van der Waals surface area contributed by atoms with Crippen LogP contribution in [0.15, 0.2) is 41.4 Å². The van der Waals surface area contributed by atoms with Crippen LogP contribution >= 0.6 is 11.6 Å². The van der Waals surface area contributed by atoms with Crippen LogP contribution in [0.4, 0.5) is 11.4 Å². The monoisotopic (exact) mass is 462 g/mol. The highest BCUT2D eigenvalue weighted by molar-refractivity contribution is 7.89. The Morgan fingerprint density at radius 1 is 0.935 bits per heavy atom. The number of hydrogen-bond acceptors (Lipinski definition) is 5. The van der Waals surface area contributed by atoms with Gasteiger partial charge >= 0.3 is 0 Å². The number of halogens is 1. The van der Waals surface area contributed by atoms with Crippen LogP contribution < -0.4 is 10.2 Å². The summed E-state index contributed by atoms with van der Waals surface area (Å²) in [5.41, 5.74) is 1.71. The van der Waals surface area contributed by atoms with Gasteiger partial charge in [0.1, 0.15) is 5.15 Å². The Morgan fingerprint density at radius 3 is 2.29 bits per heavy atom. The summed E-state index contributed by atoms with van der Waals surface area (Å²) in [6, 6.07) is 8.14. The molecule has 2 saturated heterocycles. The maximum absolute atomic E-state index is 13.2. The predicted octanol–water partition coefficient (Wildman–Crippen LogP) is 4.15. The standard InChI is InChI=1S/C22H27ClN4O3S/c23-21-15-17(9-10-24-21)22(28)25-19-16-18(31(29,30)27-13-5-2-6-14-27)7-8-20(19)26-11-3-1-4-12-26/h7-10,15-16H,1-6,11-14H2,(H,25,28). The van der Waals surface area contributed by atoms with Crippen LogP contribution in [-0.2, 0) is 10.0 Å². The van der Waals surface area contributed by atoms with Crippen LogP contribution in [0.1, 0.15) is 48.9 Å². The smallest absolute Gasteiger partial charge is 0.255 e. The molecule has 0 aliphatic carbocycles. The van der Waals surface area contributed by atoms with Crippen molar-refractivity contribution in [2.75, 3.05) is 36.4 Å². The van der Waals surface area contributed by atoms with Gasteiger partial charge in [-0.05, 0) is 62.4 Å². The molecule has 0 spiro atoms. The number of sulfonamides is 1. The average Bonchev–Trinajstić information content (AvgIpc) is 2.80. The zero-order valence-corrected chi connectivity index (χ0v) is 19.0. The van der Waals surface area contributed by atoms with Crippen LogP contribution in [0.3, 0.4) is 0 Å². The molecule has 0 atom stereocenters. The van der Waals surface area contributed by atoms with Gasteiger partial charge in [-0.3, -0.25) is 4.79 Å². The fourth-order valence-electron chi connectivity index (χ4n) is 4.18. The van der Waals surface area contributed by atoms with Crippen LogP contribution in [0.5, 0.6) is 0 Å². The second-order valence-electron chi connectivity index (χ2n) is 8.01. The zero-order valence-electron chi connectivity index (χ0n) is 17.4. The molecule has 166 valence electrons. The number of rotatable bonds is 5. The number of carbonyl (C=O) groups excluding carboxylic acids is 1. The van der Waals surface area contributed by atoms with E-state index >= 15 is 0 Å². The first-order chi connectivity index (χ1) is 14.9. The second-order valence-corrected chi connectivity index (χ2v) is 10.3. The van der Waals surface area contributed by atoms with Crippen molar-refractivity contribution in [3.05, 3.63) is 47.2 Å². The van der Waals surface area contributed by atoms with E-state index in [-0.39, 0.29) is 16.0 Å². The number of aromatic nitrogens is 1. The Bertz CT molecular complexity index is 1050. The summed E-state index contributed by atoms with van der Waals surface area (Å²) in [6.45, 7) is 2.82. The molecule has 2 aromatic rings. The lowest BCUT2D eigenvalue weighted by molar-refractivity contribution is 0.102. The summed E-state index contributed by atoms with van der Waals surface area (Å²) >= 11 is 5.93. The van der Waals surface area contributed by atoms with Gasteiger partial charge in [0.25, 0.3) is 5.91 Å².